The molecule has 0 unspecified atom stereocenters. The average Bonchev–Trinajstić information content (AvgIpc) is 3.30. The zero-order chi connectivity index (χ0) is 25.5. The zero-order valence-electron chi connectivity index (χ0n) is 20.2. The minimum absolute atomic E-state index is 0.0308. The van der Waals surface area contributed by atoms with E-state index in [1.165, 1.54) is 0 Å². The van der Waals surface area contributed by atoms with Crippen LogP contribution in [-0.2, 0) is 25.5 Å². The van der Waals surface area contributed by atoms with Crippen molar-refractivity contribution in [3.63, 3.8) is 0 Å². The Bertz CT molecular complexity index is 1210. The molecule has 1 N–H and O–H groups in total. The number of carbonyl (C=O) groups excluding carboxylic acids is 3. The molecule has 1 heterocycles. The highest BCUT2D eigenvalue weighted by Crippen LogP contribution is 2.29. The third-order valence-electron chi connectivity index (χ3n) is 5.89. The number of hydrogen-bond acceptors (Lipinski definition) is 6. The number of benzene rings is 3. The molecule has 0 spiro atoms. The van der Waals surface area contributed by atoms with Crippen LogP contribution in [0.3, 0.4) is 0 Å². The first kappa shape index (κ1) is 24.8. The first-order chi connectivity index (χ1) is 17.4. The molecular weight excluding hydrogens is 460 g/mol. The molecule has 1 saturated heterocycles. The number of nitrogens with one attached hydrogen (secondary N) is 1. The number of aryl methyl sites for hydroxylation is 1. The molecule has 0 aromatic heterocycles. The molecule has 186 valence electrons. The summed E-state index contributed by atoms with van der Waals surface area (Å²) in [6.45, 7) is 1.84. The highest BCUT2D eigenvalue weighted by molar-refractivity contribution is 6.00. The number of esters is 1. The third-order valence-corrected chi connectivity index (χ3v) is 5.89. The summed E-state index contributed by atoms with van der Waals surface area (Å²) in [6.07, 6.45) is 0.938. The molecule has 3 aromatic rings. The van der Waals surface area contributed by atoms with E-state index in [0.717, 1.165) is 17.7 Å². The van der Waals surface area contributed by atoms with Crippen molar-refractivity contribution < 1.29 is 28.6 Å². The molecular formula is C28H28N2O6. The second-order valence-corrected chi connectivity index (χ2v) is 8.38. The lowest BCUT2D eigenvalue weighted by molar-refractivity contribution is -0.151. The summed E-state index contributed by atoms with van der Waals surface area (Å²) in [7, 11) is 1.60. The Morgan fingerprint density at radius 3 is 2.14 bits per heavy atom. The maximum atomic E-state index is 12.6. The van der Waals surface area contributed by atoms with Crippen LogP contribution in [0.5, 0.6) is 17.2 Å². The molecule has 1 aliphatic heterocycles. The van der Waals surface area contributed by atoms with Crippen LogP contribution in [-0.4, -0.2) is 38.0 Å². The van der Waals surface area contributed by atoms with Crippen molar-refractivity contribution >= 4 is 29.2 Å². The van der Waals surface area contributed by atoms with Gasteiger partial charge in [-0.15, -0.1) is 0 Å². The van der Waals surface area contributed by atoms with Crippen LogP contribution >= 0.6 is 0 Å². The Morgan fingerprint density at radius 2 is 1.53 bits per heavy atom. The molecule has 4 rings (SSSR count). The highest BCUT2D eigenvalue weighted by Gasteiger charge is 2.36. The maximum Gasteiger partial charge on any atom is 0.311 e. The summed E-state index contributed by atoms with van der Waals surface area (Å²) < 4.78 is 16.1. The first-order valence-electron chi connectivity index (χ1n) is 11.7. The predicted octanol–water partition coefficient (Wildman–Crippen LogP) is 4.58. The SMILES string of the molecule is CCc1ccc(NC(=O)COC(=O)[C@@H]2CC(=O)N(c3ccc(Oc4ccc(OC)cc4)cc3)C2)cc1. The van der Waals surface area contributed by atoms with Gasteiger partial charge in [0.15, 0.2) is 6.61 Å². The van der Waals surface area contributed by atoms with Gasteiger partial charge in [-0.25, -0.2) is 0 Å². The van der Waals surface area contributed by atoms with Gasteiger partial charge < -0.3 is 24.4 Å². The van der Waals surface area contributed by atoms with E-state index in [4.69, 9.17) is 14.2 Å². The Hall–Kier alpha value is -4.33. The number of amides is 2. The molecule has 2 amide bonds. The molecule has 36 heavy (non-hydrogen) atoms. The van der Waals surface area contributed by atoms with Gasteiger partial charge in [0.05, 0.1) is 13.0 Å². The van der Waals surface area contributed by atoms with E-state index >= 15 is 0 Å². The summed E-state index contributed by atoms with van der Waals surface area (Å²) in [5.41, 5.74) is 2.45. The molecule has 0 radical (unpaired) electrons. The van der Waals surface area contributed by atoms with Crippen LogP contribution in [0.1, 0.15) is 18.9 Å². The Labute approximate surface area is 209 Å². The van der Waals surface area contributed by atoms with Gasteiger partial charge >= 0.3 is 5.97 Å². The lowest BCUT2D eigenvalue weighted by Crippen LogP contribution is -2.28. The summed E-state index contributed by atoms with van der Waals surface area (Å²) in [4.78, 5) is 38.7. The van der Waals surface area contributed by atoms with Gasteiger partial charge in [-0.05, 0) is 72.6 Å². The largest absolute Gasteiger partial charge is 0.497 e. The lowest BCUT2D eigenvalue weighted by atomic mass is 10.1. The lowest BCUT2D eigenvalue weighted by Gasteiger charge is -2.17. The van der Waals surface area contributed by atoms with Gasteiger partial charge in [0, 0.05) is 24.3 Å². The van der Waals surface area contributed by atoms with Crippen LogP contribution in [0, 0.1) is 5.92 Å². The molecule has 1 atom stereocenters. The predicted molar refractivity (Wildman–Crippen MR) is 135 cm³/mol. The van der Waals surface area contributed by atoms with Gasteiger partial charge in [-0.3, -0.25) is 14.4 Å². The fraction of sp³-hybridized carbons (Fsp3) is 0.250. The molecule has 8 nitrogen and oxygen atoms in total. The standard InChI is InChI=1S/C28H28N2O6/c1-3-19-4-6-21(7-5-19)29-26(31)18-35-28(33)20-16-27(32)30(17-20)22-8-10-24(11-9-22)36-25-14-12-23(34-2)13-15-25/h4-15,20H,3,16-18H2,1-2H3,(H,29,31)/t20-/m1/s1. The molecule has 0 aliphatic carbocycles. The molecule has 3 aromatic carbocycles. The van der Waals surface area contributed by atoms with Crippen molar-refractivity contribution in [2.24, 2.45) is 5.92 Å². The van der Waals surface area contributed by atoms with Crippen molar-refractivity contribution in [2.45, 2.75) is 19.8 Å². The van der Waals surface area contributed by atoms with E-state index in [2.05, 4.69) is 12.2 Å². The van der Waals surface area contributed by atoms with Crippen molar-refractivity contribution in [1.82, 2.24) is 0 Å². The number of hydrogen-bond donors (Lipinski definition) is 1. The quantitative estimate of drug-likeness (QED) is 0.443. The molecule has 8 heteroatoms. The van der Waals surface area contributed by atoms with Gasteiger partial charge in [-0.2, -0.15) is 0 Å². The second-order valence-electron chi connectivity index (χ2n) is 8.38. The van der Waals surface area contributed by atoms with E-state index in [1.807, 2.05) is 12.1 Å². The Morgan fingerprint density at radius 1 is 0.917 bits per heavy atom. The summed E-state index contributed by atoms with van der Waals surface area (Å²) >= 11 is 0. The minimum atomic E-state index is -0.635. The summed E-state index contributed by atoms with van der Waals surface area (Å²) in [5, 5.41) is 2.70. The number of ether oxygens (including phenoxy) is 3. The smallest absolute Gasteiger partial charge is 0.311 e. The monoisotopic (exact) mass is 488 g/mol. The van der Waals surface area contributed by atoms with Crippen LogP contribution < -0.4 is 19.7 Å². The Balaban J connectivity index is 1.27. The summed E-state index contributed by atoms with van der Waals surface area (Å²) in [6, 6.07) is 21.7. The van der Waals surface area contributed by atoms with Gasteiger partial charge in [0.2, 0.25) is 5.91 Å². The van der Waals surface area contributed by atoms with Crippen LogP contribution in [0.2, 0.25) is 0 Å². The van der Waals surface area contributed by atoms with E-state index in [0.29, 0.717) is 22.9 Å². The zero-order valence-corrected chi connectivity index (χ0v) is 20.2. The molecule has 0 saturated carbocycles. The number of methoxy groups -OCH3 is 1. The number of carbonyl (C=O) groups is 3. The van der Waals surface area contributed by atoms with Crippen LogP contribution in [0.4, 0.5) is 11.4 Å². The first-order valence-corrected chi connectivity index (χ1v) is 11.7. The van der Waals surface area contributed by atoms with Crippen LogP contribution in [0.15, 0.2) is 72.8 Å². The van der Waals surface area contributed by atoms with Crippen molar-refractivity contribution in [3.05, 3.63) is 78.4 Å². The molecule has 1 aliphatic rings. The van der Waals surface area contributed by atoms with E-state index in [1.54, 1.807) is 72.7 Å². The second kappa shape index (κ2) is 11.4. The number of anilines is 2. The fourth-order valence-electron chi connectivity index (χ4n) is 3.86. The highest BCUT2D eigenvalue weighted by atomic mass is 16.5. The van der Waals surface area contributed by atoms with Crippen molar-refractivity contribution in [3.8, 4) is 17.2 Å². The molecule has 1 fully saturated rings. The van der Waals surface area contributed by atoms with E-state index < -0.39 is 24.4 Å². The Kier molecular flexibility index (Phi) is 7.85. The van der Waals surface area contributed by atoms with Gasteiger partial charge in [0.25, 0.3) is 5.91 Å². The van der Waals surface area contributed by atoms with E-state index in [9.17, 15) is 14.4 Å². The van der Waals surface area contributed by atoms with E-state index in [-0.39, 0.29) is 18.9 Å². The topological polar surface area (TPSA) is 94.2 Å². The number of rotatable bonds is 9. The maximum absolute atomic E-state index is 12.6. The van der Waals surface area contributed by atoms with Crippen molar-refractivity contribution in [2.75, 3.05) is 30.5 Å². The van der Waals surface area contributed by atoms with Crippen LogP contribution in [0.25, 0.3) is 0 Å². The normalized spacial score (nSPS) is 14.9. The number of nitrogens with zero attached hydrogens (tertiary/aromatic N) is 1. The third kappa shape index (κ3) is 6.21. The van der Waals surface area contributed by atoms with Crippen molar-refractivity contribution in [1.29, 1.82) is 0 Å². The summed E-state index contributed by atoms with van der Waals surface area (Å²) in [5.74, 6) is 0.196. The molecule has 0 bridgehead atoms. The van der Waals surface area contributed by atoms with Gasteiger partial charge in [-0.1, -0.05) is 19.1 Å². The van der Waals surface area contributed by atoms with Gasteiger partial charge in [0.1, 0.15) is 17.2 Å². The average molecular weight is 489 g/mol. The fourth-order valence-corrected chi connectivity index (χ4v) is 3.86. The minimum Gasteiger partial charge on any atom is -0.497 e.